The van der Waals surface area contributed by atoms with Gasteiger partial charge in [0.05, 0.1) is 13.0 Å². The first-order valence-electron chi connectivity index (χ1n) is 10.0. The fourth-order valence-electron chi connectivity index (χ4n) is 4.90. The van der Waals surface area contributed by atoms with E-state index in [0.717, 1.165) is 19.3 Å². The molecule has 0 radical (unpaired) electrons. The monoisotopic (exact) mass is 392 g/mol. The number of ether oxygens (including phenoxy) is 2. The fourth-order valence-corrected chi connectivity index (χ4v) is 4.90. The van der Waals surface area contributed by atoms with Gasteiger partial charge in [-0.05, 0) is 55.4 Å². The second-order valence-corrected chi connectivity index (χ2v) is 7.87. The minimum absolute atomic E-state index is 0.0150. The van der Waals surface area contributed by atoms with Crippen molar-refractivity contribution in [3.05, 3.63) is 65.7 Å². The van der Waals surface area contributed by atoms with Gasteiger partial charge < -0.3 is 9.47 Å². The van der Waals surface area contributed by atoms with Gasteiger partial charge in [-0.1, -0.05) is 30.3 Å². The largest absolute Gasteiger partial charge is 0.497 e. The summed E-state index contributed by atoms with van der Waals surface area (Å²) in [6.07, 6.45) is 2.80. The molecule has 29 heavy (non-hydrogen) atoms. The smallest absolute Gasteiger partial charge is 0.310 e. The number of methoxy groups -OCH3 is 1. The standard InChI is InChI=1S/C24H24O5/c1-28-19-11-9-15(10-12-19)20(25)14-29-24(27)22-18-8-7-17(13-18)21(22)23(26)16-5-3-2-4-6-16/h2-6,9-12,17-18,21-22H,7-8,13-14H2,1H3/t17-,18-,21+,22-/m0/s1. The number of carbonyl (C=O) groups is 3. The second kappa shape index (κ2) is 8.19. The Kier molecular flexibility index (Phi) is 5.47. The van der Waals surface area contributed by atoms with E-state index < -0.39 is 11.9 Å². The van der Waals surface area contributed by atoms with Gasteiger partial charge in [0.15, 0.2) is 18.2 Å². The zero-order valence-corrected chi connectivity index (χ0v) is 16.4. The lowest BCUT2D eigenvalue weighted by Gasteiger charge is -2.28. The number of benzene rings is 2. The zero-order valence-electron chi connectivity index (χ0n) is 16.4. The third-order valence-corrected chi connectivity index (χ3v) is 6.31. The summed E-state index contributed by atoms with van der Waals surface area (Å²) in [7, 11) is 1.56. The molecule has 0 spiro atoms. The van der Waals surface area contributed by atoms with Crippen LogP contribution in [0.1, 0.15) is 40.0 Å². The molecule has 2 bridgehead atoms. The van der Waals surface area contributed by atoms with Gasteiger partial charge in [0.1, 0.15) is 5.75 Å². The van der Waals surface area contributed by atoms with Gasteiger partial charge in [-0.25, -0.2) is 0 Å². The minimum Gasteiger partial charge on any atom is -0.497 e. The Morgan fingerprint density at radius 2 is 1.52 bits per heavy atom. The molecule has 0 saturated heterocycles. The molecule has 2 aliphatic carbocycles. The highest BCUT2D eigenvalue weighted by Gasteiger charge is 2.54. The molecular weight excluding hydrogens is 368 g/mol. The van der Waals surface area contributed by atoms with E-state index in [-0.39, 0.29) is 35.9 Å². The lowest BCUT2D eigenvalue weighted by Crippen LogP contribution is -2.36. The van der Waals surface area contributed by atoms with E-state index in [1.807, 2.05) is 18.2 Å². The van der Waals surface area contributed by atoms with Gasteiger partial charge in [0, 0.05) is 17.0 Å². The van der Waals surface area contributed by atoms with Crippen molar-refractivity contribution in [3.8, 4) is 5.75 Å². The van der Waals surface area contributed by atoms with Crippen molar-refractivity contribution in [3.63, 3.8) is 0 Å². The quantitative estimate of drug-likeness (QED) is 0.527. The van der Waals surface area contributed by atoms with Crippen LogP contribution < -0.4 is 4.74 Å². The molecular formula is C24H24O5. The van der Waals surface area contributed by atoms with Crippen LogP contribution >= 0.6 is 0 Å². The maximum absolute atomic E-state index is 13.1. The molecule has 2 saturated carbocycles. The SMILES string of the molecule is COc1ccc(C(=O)COC(=O)[C@H]2[C@H]3CC[C@@H](C3)[C@H]2C(=O)c2ccccc2)cc1. The molecule has 0 N–H and O–H groups in total. The number of Topliss-reactive ketones (excluding diaryl/α,β-unsaturated/α-hetero) is 2. The summed E-state index contributed by atoms with van der Waals surface area (Å²) >= 11 is 0. The molecule has 5 heteroatoms. The predicted molar refractivity (Wildman–Crippen MR) is 107 cm³/mol. The zero-order chi connectivity index (χ0) is 20.4. The van der Waals surface area contributed by atoms with Crippen molar-refractivity contribution in [2.75, 3.05) is 13.7 Å². The third-order valence-electron chi connectivity index (χ3n) is 6.31. The summed E-state index contributed by atoms with van der Waals surface area (Å²) in [6, 6.07) is 15.8. The Balaban J connectivity index is 1.43. The van der Waals surface area contributed by atoms with Crippen molar-refractivity contribution in [1.29, 1.82) is 0 Å². The summed E-state index contributed by atoms with van der Waals surface area (Å²) in [6.45, 7) is -0.314. The van der Waals surface area contributed by atoms with E-state index in [4.69, 9.17) is 9.47 Å². The number of fused-ring (bicyclic) bond motifs is 2. The Hall–Kier alpha value is -2.95. The van der Waals surface area contributed by atoms with Crippen LogP contribution in [-0.4, -0.2) is 31.3 Å². The molecule has 4 atom stereocenters. The lowest BCUT2D eigenvalue weighted by atomic mass is 9.75. The molecule has 150 valence electrons. The molecule has 0 heterocycles. The van der Waals surface area contributed by atoms with Crippen LogP contribution in [0.5, 0.6) is 5.75 Å². The Morgan fingerprint density at radius 1 is 0.862 bits per heavy atom. The van der Waals surface area contributed by atoms with Crippen molar-refractivity contribution in [1.82, 2.24) is 0 Å². The molecule has 0 amide bonds. The Labute approximate surface area is 170 Å². The summed E-state index contributed by atoms with van der Waals surface area (Å²) in [5, 5.41) is 0. The van der Waals surface area contributed by atoms with Crippen LogP contribution in [0.15, 0.2) is 54.6 Å². The molecule has 4 rings (SSSR count). The van der Waals surface area contributed by atoms with E-state index in [1.54, 1.807) is 43.5 Å². The molecule has 0 aliphatic heterocycles. The lowest BCUT2D eigenvalue weighted by molar-refractivity contribution is -0.150. The molecule has 0 aromatic heterocycles. The van der Waals surface area contributed by atoms with E-state index in [1.165, 1.54) is 0 Å². The normalized spacial score (nSPS) is 24.9. The van der Waals surface area contributed by atoms with Crippen molar-refractivity contribution in [2.24, 2.45) is 23.7 Å². The number of hydrogen-bond donors (Lipinski definition) is 0. The van der Waals surface area contributed by atoms with E-state index in [0.29, 0.717) is 16.9 Å². The first-order valence-corrected chi connectivity index (χ1v) is 10.0. The molecule has 2 aromatic carbocycles. The molecule has 2 fully saturated rings. The summed E-state index contributed by atoms with van der Waals surface area (Å²) in [4.78, 5) is 38.3. The summed E-state index contributed by atoms with van der Waals surface area (Å²) in [5.74, 6) is -0.430. The average Bonchev–Trinajstić information content (AvgIpc) is 3.39. The minimum atomic E-state index is -0.454. The van der Waals surface area contributed by atoms with Gasteiger partial charge in [-0.2, -0.15) is 0 Å². The molecule has 2 aliphatic rings. The van der Waals surface area contributed by atoms with Crippen molar-refractivity contribution >= 4 is 17.5 Å². The van der Waals surface area contributed by atoms with Crippen LogP contribution in [0.2, 0.25) is 0 Å². The molecule has 5 nitrogen and oxygen atoms in total. The number of carbonyl (C=O) groups excluding carboxylic acids is 3. The number of hydrogen-bond acceptors (Lipinski definition) is 5. The topological polar surface area (TPSA) is 69.7 Å². The van der Waals surface area contributed by atoms with Crippen LogP contribution in [0.4, 0.5) is 0 Å². The van der Waals surface area contributed by atoms with E-state index in [2.05, 4.69) is 0 Å². The highest BCUT2D eigenvalue weighted by atomic mass is 16.5. The average molecular weight is 392 g/mol. The predicted octanol–water partition coefficient (Wildman–Crippen LogP) is 3.97. The van der Waals surface area contributed by atoms with Gasteiger partial charge in [-0.3, -0.25) is 14.4 Å². The summed E-state index contributed by atoms with van der Waals surface area (Å²) in [5.41, 5.74) is 1.10. The van der Waals surface area contributed by atoms with Crippen LogP contribution in [0.25, 0.3) is 0 Å². The number of rotatable bonds is 7. The van der Waals surface area contributed by atoms with E-state index in [9.17, 15) is 14.4 Å². The van der Waals surface area contributed by atoms with Gasteiger partial charge in [-0.15, -0.1) is 0 Å². The number of ketones is 2. The Bertz CT molecular complexity index is 903. The highest BCUT2D eigenvalue weighted by molar-refractivity contribution is 6.01. The van der Waals surface area contributed by atoms with Crippen LogP contribution in [0.3, 0.4) is 0 Å². The molecule has 0 unspecified atom stereocenters. The van der Waals surface area contributed by atoms with Gasteiger partial charge in [0.2, 0.25) is 0 Å². The van der Waals surface area contributed by atoms with Gasteiger partial charge >= 0.3 is 5.97 Å². The van der Waals surface area contributed by atoms with E-state index >= 15 is 0 Å². The maximum Gasteiger partial charge on any atom is 0.310 e. The molecule has 2 aromatic rings. The second-order valence-electron chi connectivity index (χ2n) is 7.87. The van der Waals surface area contributed by atoms with Crippen molar-refractivity contribution < 1.29 is 23.9 Å². The third kappa shape index (κ3) is 3.82. The Morgan fingerprint density at radius 3 is 2.17 bits per heavy atom. The van der Waals surface area contributed by atoms with Crippen LogP contribution in [0, 0.1) is 23.7 Å². The summed E-state index contributed by atoms with van der Waals surface area (Å²) < 4.78 is 10.5. The van der Waals surface area contributed by atoms with Crippen molar-refractivity contribution in [2.45, 2.75) is 19.3 Å². The highest BCUT2D eigenvalue weighted by Crippen LogP contribution is 2.53. The first-order chi connectivity index (χ1) is 14.1. The van der Waals surface area contributed by atoms with Crippen LogP contribution in [-0.2, 0) is 9.53 Å². The number of esters is 1. The maximum atomic E-state index is 13.1. The fraction of sp³-hybridized carbons (Fsp3) is 0.375. The van der Waals surface area contributed by atoms with Gasteiger partial charge in [0.25, 0.3) is 0 Å². The first kappa shape index (κ1) is 19.4.